The molecule has 0 spiro atoms. The maximum absolute atomic E-state index is 11.0. The molecule has 0 aliphatic carbocycles. The van der Waals surface area contributed by atoms with E-state index < -0.39 is 0 Å². The molecule has 6 heteroatoms. The van der Waals surface area contributed by atoms with Crippen molar-refractivity contribution in [2.45, 2.75) is 19.3 Å². The number of aliphatic hydroxyl groups is 1. The molecule has 1 amide bonds. The number of hydrogen-bond acceptors (Lipinski definition) is 5. The molecule has 1 heterocycles. The van der Waals surface area contributed by atoms with E-state index in [4.69, 9.17) is 9.63 Å². The van der Waals surface area contributed by atoms with Gasteiger partial charge in [-0.25, -0.2) is 0 Å². The molecular weight excluding hydrogens is 186 g/mol. The summed E-state index contributed by atoms with van der Waals surface area (Å²) in [6.45, 7) is 0.517. The molecule has 0 aromatic carbocycles. The highest BCUT2D eigenvalue weighted by Crippen LogP contribution is 1.91. The molecule has 0 radical (unpaired) electrons. The van der Waals surface area contributed by atoms with Crippen molar-refractivity contribution < 1.29 is 14.4 Å². The molecule has 2 N–H and O–H groups in total. The van der Waals surface area contributed by atoms with Crippen molar-refractivity contribution in [2.24, 2.45) is 0 Å². The zero-order valence-corrected chi connectivity index (χ0v) is 7.77. The zero-order valence-electron chi connectivity index (χ0n) is 7.77. The van der Waals surface area contributed by atoms with Gasteiger partial charge in [-0.15, -0.1) is 0 Å². The Morgan fingerprint density at radius 1 is 1.64 bits per heavy atom. The van der Waals surface area contributed by atoms with E-state index in [2.05, 4.69) is 15.5 Å². The van der Waals surface area contributed by atoms with Crippen LogP contribution in [-0.2, 0) is 11.2 Å². The first-order chi connectivity index (χ1) is 6.83. The Bertz CT molecular complexity index is 261. The zero-order chi connectivity index (χ0) is 10.2. The highest BCUT2D eigenvalue weighted by atomic mass is 16.5. The molecule has 0 bridgehead atoms. The Labute approximate surface area is 81.3 Å². The van der Waals surface area contributed by atoms with E-state index in [1.54, 1.807) is 0 Å². The average Bonchev–Trinajstić information content (AvgIpc) is 2.67. The maximum atomic E-state index is 11.0. The van der Waals surface area contributed by atoms with E-state index in [-0.39, 0.29) is 12.5 Å². The van der Waals surface area contributed by atoms with Gasteiger partial charge in [0.1, 0.15) is 0 Å². The van der Waals surface area contributed by atoms with E-state index in [1.165, 1.54) is 6.33 Å². The summed E-state index contributed by atoms with van der Waals surface area (Å²) in [5, 5.41) is 14.6. The second kappa shape index (κ2) is 6.09. The Morgan fingerprint density at radius 3 is 3.14 bits per heavy atom. The number of aliphatic hydroxyl groups excluding tert-OH is 1. The molecule has 1 aromatic rings. The first-order valence-corrected chi connectivity index (χ1v) is 4.46. The van der Waals surface area contributed by atoms with Crippen molar-refractivity contribution in [2.75, 3.05) is 13.2 Å². The minimum Gasteiger partial charge on any atom is -0.396 e. The van der Waals surface area contributed by atoms with Crippen molar-refractivity contribution in [1.82, 2.24) is 15.5 Å². The number of nitrogens with one attached hydrogen (secondary N) is 1. The molecule has 0 unspecified atom stereocenters. The lowest BCUT2D eigenvalue weighted by Crippen LogP contribution is -2.25. The highest BCUT2D eigenvalue weighted by molar-refractivity contribution is 5.75. The molecule has 0 saturated heterocycles. The fraction of sp³-hybridized carbons (Fsp3) is 0.625. The van der Waals surface area contributed by atoms with Gasteiger partial charge in [-0.3, -0.25) is 4.79 Å². The number of aromatic nitrogens is 2. The van der Waals surface area contributed by atoms with Gasteiger partial charge in [-0.1, -0.05) is 5.16 Å². The fourth-order valence-corrected chi connectivity index (χ4v) is 0.943. The Hall–Kier alpha value is -1.43. The number of rotatable bonds is 6. The number of amides is 1. The highest BCUT2D eigenvalue weighted by Gasteiger charge is 2.02. The molecule has 14 heavy (non-hydrogen) atoms. The van der Waals surface area contributed by atoms with E-state index in [1.807, 2.05) is 0 Å². The Balaban J connectivity index is 2.06. The second-order valence-electron chi connectivity index (χ2n) is 2.76. The molecule has 0 aliphatic heterocycles. The van der Waals surface area contributed by atoms with Gasteiger partial charge >= 0.3 is 0 Å². The summed E-state index contributed by atoms with van der Waals surface area (Å²) in [7, 11) is 0. The van der Waals surface area contributed by atoms with Crippen LogP contribution in [0.3, 0.4) is 0 Å². The summed E-state index contributed by atoms with van der Waals surface area (Å²) >= 11 is 0. The van der Waals surface area contributed by atoms with Crippen LogP contribution in [0.2, 0.25) is 0 Å². The lowest BCUT2D eigenvalue weighted by Gasteiger charge is -2.01. The monoisotopic (exact) mass is 199 g/mol. The topological polar surface area (TPSA) is 88.2 Å². The van der Waals surface area contributed by atoms with Crippen LogP contribution in [0.4, 0.5) is 0 Å². The molecular formula is C8H13N3O3. The predicted molar refractivity (Wildman–Crippen MR) is 47.3 cm³/mol. The third-order valence-electron chi connectivity index (χ3n) is 1.63. The van der Waals surface area contributed by atoms with Gasteiger partial charge < -0.3 is 14.9 Å². The van der Waals surface area contributed by atoms with E-state index in [9.17, 15) is 4.79 Å². The molecule has 0 atom stereocenters. The standard InChI is InChI=1S/C8H13N3O3/c12-5-1-2-7(13)9-4-3-8-10-6-11-14-8/h6,12H,1-5H2,(H,9,13). The predicted octanol–water partition coefficient (Wildman–Crippen LogP) is -0.499. The normalized spacial score (nSPS) is 10.1. The summed E-state index contributed by atoms with van der Waals surface area (Å²) in [4.78, 5) is 14.8. The molecule has 1 rings (SSSR count). The van der Waals surface area contributed by atoms with Crippen LogP contribution in [0.25, 0.3) is 0 Å². The quantitative estimate of drug-likeness (QED) is 0.644. The van der Waals surface area contributed by atoms with Gasteiger partial charge in [0.2, 0.25) is 11.8 Å². The minimum atomic E-state index is -0.0708. The van der Waals surface area contributed by atoms with Gasteiger partial charge in [0.05, 0.1) is 0 Å². The smallest absolute Gasteiger partial charge is 0.228 e. The summed E-state index contributed by atoms with van der Waals surface area (Å²) in [5.41, 5.74) is 0. The van der Waals surface area contributed by atoms with E-state index in [0.717, 1.165) is 0 Å². The first-order valence-electron chi connectivity index (χ1n) is 4.46. The summed E-state index contributed by atoms with van der Waals surface area (Å²) in [5.74, 6) is 0.436. The van der Waals surface area contributed by atoms with Crippen LogP contribution in [0.1, 0.15) is 18.7 Å². The molecule has 0 fully saturated rings. The number of nitrogens with zero attached hydrogens (tertiary/aromatic N) is 2. The van der Waals surface area contributed by atoms with Gasteiger partial charge in [0.15, 0.2) is 6.33 Å². The van der Waals surface area contributed by atoms with Crippen LogP contribution in [0.5, 0.6) is 0 Å². The van der Waals surface area contributed by atoms with Gasteiger partial charge in [0.25, 0.3) is 0 Å². The first kappa shape index (κ1) is 10.6. The number of hydrogen-bond donors (Lipinski definition) is 2. The van der Waals surface area contributed by atoms with Gasteiger partial charge in [-0.05, 0) is 6.42 Å². The van der Waals surface area contributed by atoms with Crippen molar-refractivity contribution in [3.05, 3.63) is 12.2 Å². The lowest BCUT2D eigenvalue weighted by atomic mass is 10.3. The number of carbonyl (C=O) groups is 1. The third-order valence-corrected chi connectivity index (χ3v) is 1.63. The second-order valence-corrected chi connectivity index (χ2v) is 2.76. The Morgan fingerprint density at radius 2 is 2.50 bits per heavy atom. The molecule has 0 saturated carbocycles. The molecule has 1 aromatic heterocycles. The Kier molecular flexibility index (Phi) is 4.63. The van der Waals surface area contributed by atoms with Crippen LogP contribution >= 0.6 is 0 Å². The molecule has 0 aliphatic rings. The summed E-state index contributed by atoms with van der Waals surface area (Å²) in [6, 6.07) is 0. The van der Waals surface area contributed by atoms with Crippen molar-refractivity contribution in [1.29, 1.82) is 0 Å². The summed E-state index contributed by atoms with van der Waals surface area (Å²) in [6.07, 6.45) is 2.69. The minimum absolute atomic E-state index is 0.0388. The van der Waals surface area contributed by atoms with Crippen LogP contribution in [-0.4, -0.2) is 34.3 Å². The van der Waals surface area contributed by atoms with E-state index >= 15 is 0 Å². The average molecular weight is 199 g/mol. The van der Waals surface area contributed by atoms with Crippen molar-refractivity contribution >= 4 is 5.91 Å². The van der Waals surface area contributed by atoms with Crippen molar-refractivity contribution in [3.8, 4) is 0 Å². The van der Waals surface area contributed by atoms with Gasteiger partial charge in [0, 0.05) is 26.0 Å². The lowest BCUT2D eigenvalue weighted by molar-refractivity contribution is -0.121. The van der Waals surface area contributed by atoms with E-state index in [0.29, 0.717) is 31.7 Å². The van der Waals surface area contributed by atoms with Crippen LogP contribution in [0.15, 0.2) is 10.9 Å². The maximum Gasteiger partial charge on any atom is 0.228 e. The van der Waals surface area contributed by atoms with Crippen LogP contribution < -0.4 is 5.32 Å². The summed E-state index contributed by atoms with van der Waals surface area (Å²) < 4.78 is 4.74. The number of carbonyl (C=O) groups excluding carboxylic acids is 1. The largest absolute Gasteiger partial charge is 0.396 e. The SMILES string of the molecule is O=C(CCCO)NCCc1ncno1. The van der Waals surface area contributed by atoms with Crippen LogP contribution in [0, 0.1) is 0 Å². The van der Waals surface area contributed by atoms with Gasteiger partial charge in [-0.2, -0.15) is 4.98 Å². The third kappa shape index (κ3) is 3.99. The molecule has 6 nitrogen and oxygen atoms in total. The van der Waals surface area contributed by atoms with Crippen molar-refractivity contribution in [3.63, 3.8) is 0 Å². The molecule has 78 valence electrons. The fourth-order valence-electron chi connectivity index (χ4n) is 0.943.